The predicted molar refractivity (Wildman–Crippen MR) is 113 cm³/mol. The third-order valence-electron chi connectivity index (χ3n) is 3.84. The lowest BCUT2D eigenvalue weighted by Crippen LogP contribution is -2.52. The van der Waals surface area contributed by atoms with Gasteiger partial charge in [0.25, 0.3) is 0 Å². The monoisotopic (exact) mass is 462 g/mol. The van der Waals surface area contributed by atoms with Crippen molar-refractivity contribution in [2.24, 2.45) is 4.99 Å². The van der Waals surface area contributed by atoms with Gasteiger partial charge in [-0.15, -0.1) is 46.7 Å². The van der Waals surface area contributed by atoms with Gasteiger partial charge in [-0.25, -0.2) is 0 Å². The largest absolute Gasteiger partial charge is 0.360 e. The van der Waals surface area contributed by atoms with Crippen molar-refractivity contribution in [1.29, 1.82) is 0 Å². The van der Waals surface area contributed by atoms with Crippen LogP contribution in [0.1, 0.15) is 4.88 Å². The normalized spacial score (nSPS) is 15.4. The molecule has 0 saturated carbocycles. The van der Waals surface area contributed by atoms with Crippen LogP contribution in [0.2, 0.25) is 0 Å². The Balaban J connectivity index is 0.00000192. The summed E-state index contributed by atoms with van der Waals surface area (Å²) in [5.74, 6) is 1.03. The standard InChI is InChI=1S/C16H22N4S2.HI/c1-17-16(18-7-6-14-4-2-12-21-14)20-10-8-19(9-11-20)15-5-3-13-22-15;/h2-5,12-13H,6-11H2,1H3,(H,17,18);1H. The summed E-state index contributed by atoms with van der Waals surface area (Å²) in [5, 5.41) is 9.15. The van der Waals surface area contributed by atoms with Gasteiger partial charge in [0.15, 0.2) is 5.96 Å². The smallest absolute Gasteiger partial charge is 0.193 e. The van der Waals surface area contributed by atoms with E-state index in [2.05, 4.69) is 55.1 Å². The molecule has 0 aromatic carbocycles. The second-order valence-corrected chi connectivity index (χ2v) is 7.19. The highest BCUT2D eigenvalue weighted by molar-refractivity contribution is 14.0. The Morgan fingerprint density at radius 2 is 1.87 bits per heavy atom. The lowest BCUT2D eigenvalue weighted by Gasteiger charge is -2.37. The maximum absolute atomic E-state index is 4.44. The zero-order valence-corrected chi connectivity index (χ0v) is 17.2. The molecule has 3 rings (SSSR count). The molecular weight excluding hydrogens is 439 g/mol. The number of halogens is 1. The fraction of sp³-hybridized carbons (Fsp3) is 0.438. The molecule has 126 valence electrons. The number of anilines is 1. The van der Waals surface area contributed by atoms with Gasteiger partial charge >= 0.3 is 0 Å². The second kappa shape index (κ2) is 9.48. The molecule has 0 radical (unpaired) electrons. The number of hydrogen-bond acceptors (Lipinski definition) is 4. The Hall–Kier alpha value is -0.800. The van der Waals surface area contributed by atoms with Crippen LogP contribution in [0, 0.1) is 0 Å². The van der Waals surface area contributed by atoms with Crippen LogP contribution in [0.5, 0.6) is 0 Å². The predicted octanol–water partition coefficient (Wildman–Crippen LogP) is 3.37. The molecule has 0 atom stereocenters. The number of thiophene rings is 2. The lowest BCUT2D eigenvalue weighted by molar-refractivity contribution is 0.374. The van der Waals surface area contributed by atoms with Crippen molar-refractivity contribution < 1.29 is 0 Å². The Kier molecular flexibility index (Phi) is 7.64. The number of aliphatic imine (C=N–C) groups is 1. The minimum Gasteiger partial charge on any atom is -0.360 e. The van der Waals surface area contributed by atoms with Crippen LogP contribution in [-0.2, 0) is 6.42 Å². The zero-order chi connectivity index (χ0) is 15.2. The zero-order valence-electron chi connectivity index (χ0n) is 13.3. The SMILES string of the molecule is CN=C(NCCc1cccs1)N1CCN(c2cccs2)CC1.I. The van der Waals surface area contributed by atoms with Gasteiger partial charge < -0.3 is 15.1 Å². The molecule has 1 aliphatic rings. The molecule has 1 fully saturated rings. The number of guanidine groups is 1. The van der Waals surface area contributed by atoms with E-state index in [1.54, 1.807) is 0 Å². The van der Waals surface area contributed by atoms with Gasteiger partial charge in [0.2, 0.25) is 0 Å². The minimum atomic E-state index is 0. The van der Waals surface area contributed by atoms with Crippen molar-refractivity contribution in [1.82, 2.24) is 10.2 Å². The summed E-state index contributed by atoms with van der Waals surface area (Å²) in [4.78, 5) is 10.7. The van der Waals surface area contributed by atoms with Crippen LogP contribution < -0.4 is 10.2 Å². The molecule has 0 spiro atoms. The molecule has 0 unspecified atom stereocenters. The highest BCUT2D eigenvalue weighted by atomic mass is 127. The second-order valence-electron chi connectivity index (χ2n) is 5.23. The summed E-state index contributed by atoms with van der Waals surface area (Å²) in [6.45, 7) is 5.11. The summed E-state index contributed by atoms with van der Waals surface area (Å²) in [7, 11) is 1.87. The van der Waals surface area contributed by atoms with Crippen molar-refractivity contribution >= 4 is 57.6 Å². The molecule has 0 aliphatic carbocycles. The first-order valence-corrected chi connectivity index (χ1v) is 9.39. The fourth-order valence-corrected chi connectivity index (χ4v) is 4.17. The van der Waals surface area contributed by atoms with Gasteiger partial charge in [-0.2, -0.15) is 0 Å². The molecule has 2 aromatic heterocycles. The maximum Gasteiger partial charge on any atom is 0.193 e. The van der Waals surface area contributed by atoms with Crippen LogP contribution >= 0.6 is 46.7 Å². The third-order valence-corrected chi connectivity index (χ3v) is 5.71. The van der Waals surface area contributed by atoms with Gasteiger partial charge in [0, 0.05) is 44.6 Å². The van der Waals surface area contributed by atoms with Crippen molar-refractivity contribution in [2.75, 3.05) is 44.7 Å². The number of rotatable bonds is 4. The van der Waals surface area contributed by atoms with Crippen LogP contribution in [0.15, 0.2) is 40.0 Å². The van der Waals surface area contributed by atoms with E-state index in [9.17, 15) is 0 Å². The van der Waals surface area contributed by atoms with Crippen molar-refractivity contribution in [2.45, 2.75) is 6.42 Å². The molecule has 2 aromatic rings. The van der Waals surface area contributed by atoms with Gasteiger partial charge in [-0.1, -0.05) is 6.07 Å². The first-order chi connectivity index (χ1) is 10.9. The van der Waals surface area contributed by atoms with Crippen molar-refractivity contribution in [3.8, 4) is 0 Å². The Bertz CT molecular complexity index is 575. The van der Waals surface area contributed by atoms with Crippen LogP contribution in [0.3, 0.4) is 0 Å². The molecule has 3 heterocycles. The van der Waals surface area contributed by atoms with E-state index in [-0.39, 0.29) is 24.0 Å². The van der Waals surface area contributed by atoms with Crippen LogP contribution in [-0.4, -0.2) is 50.6 Å². The van der Waals surface area contributed by atoms with E-state index in [1.165, 1.54) is 9.88 Å². The highest BCUT2D eigenvalue weighted by Crippen LogP contribution is 2.22. The van der Waals surface area contributed by atoms with Gasteiger partial charge in [-0.05, 0) is 35.4 Å². The van der Waals surface area contributed by atoms with E-state index in [1.807, 2.05) is 29.7 Å². The van der Waals surface area contributed by atoms with Crippen LogP contribution in [0.4, 0.5) is 5.00 Å². The average molecular weight is 462 g/mol. The van der Waals surface area contributed by atoms with Gasteiger partial charge in [0.05, 0.1) is 5.00 Å². The number of piperazine rings is 1. The van der Waals surface area contributed by atoms with E-state index >= 15 is 0 Å². The van der Waals surface area contributed by atoms with Gasteiger partial charge in [0.1, 0.15) is 0 Å². The molecule has 1 saturated heterocycles. The molecular formula is C16H23IN4S2. The lowest BCUT2D eigenvalue weighted by atomic mass is 10.3. The number of nitrogens with one attached hydrogen (secondary N) is 1. The average Bonchev–Trinajstić information content (AvgIpc) is 3.25. The Labute approximate surface area is 163 Å². The fourth-order valence-electron chi connectivity index (χ4n) is 2.67. The van der Waals surface area contributed by atoms with E-state index < -0.39 is 0 Å². The molecule has 4 nitrogen and oxygen atoms in total. The Morgan fingerprint density at radius 3 is 2.48 bits per heavy atom. The molecule has 7 heteroatoms. The summed E-state index contributed by atoms with van der Waals surface area (Å²) < 4.78 is 0. The topological polar surface area (TPSA) is 30.9 Å². The summed E-state index contributed by atoms with van der Waals surface area (Å²) in [6, 6.07) is 8.62. The summed E-state index contributed by atoms with van der Waals surface area (Å²) in [6.07, 6.45) is 1.06. The first-order valence-electron chi connectivity index (χ1n) is 7.63. The molecule has 1 N–H and O–H groups in total. The van der Waals surface area contributed by atoms with Crippen LogP contribution in [0.25, 0.3) is 0 Å². The molecule has 23 heavy (non-hydrogen) atoms. The third kappa shape index (κ3) is 5.09. The van der Waals surface area contributed by atoms with Crippen molar-refractivity contribution in [3.63, 3.8) is 0 Å². The maximum atomic E-state index is 4.44. The van der Waals surface area contributed by atoms with E-state index in [0.29, 0.717) is 0 Å². The summed E-state index contributed by atoms with van der Waals surface area (Å²) in [5.41, 5.74) is 0. The van der Waals surface area contributed by atoms with Gasteiger partial charge in [-0.3, -0.25) is 4.99 Å². The van der Waals surface area contributed by atoms with E-state index in [4.69, 9.17) is 0 Å². The summed E-state index contributed by atoms with van der Waals surface area (Å²) >= 11 is 3.64. The quantitative estimate of drug-likeness (QED) is 0.430. The number of hydrogen-bond donors (Lipinski definition) is 1. The molecule has 0 amide bonds. The molecule has 1 aliphatic heterocycles. The minimum absolute atomic E-state index is 0. The molecule has 0 bridgehead atoms. The van der Waals surface area contributed by atoms with E-state index in [0.717, 1.165) is 45.1 Å². The number of nitrogens with zero attached hydrogens (tertiary/aromatic N) is 3. The van der Waals surface area contributed by atoms with Crippen molar-refractivity contribution in [3.05, 3.63) is 39.9 Å². The first kappa shape index (κ1) is 18.5. The Morgan fingerprint density at radius 1 is 1.13 bits per heavy atom. The highest BCUT2D eigenvalue weighted by Gasteiger charge is 2.19.